The minimum absolute atomic E-state index is 0.0858. The molecule has 0 amide bonds. The number of benzene rings is 1. The molecule has 0 saturated carbocycles. The molecule has 1 unspecified atom stereocenters. The van der Waals surface area contributed by atoms with E-state index in [1.165, 1.54) is 12.1 Å². The van der Waals surface area contributed by atoms with Gasteiger partial charge in [-0.15, -0.1) is 0 Å². The van der Waals surface area contributed by atoms with Crippen molar-refractivity contribution in [2.24, 2.45) is 5.14 Å². The van der Waals surface area contributed by atoms with E-state index in [1.54, 1.807) is 24.5 Å². The number of primary sulfonamides is 1. The maximum Gasteiger partial charge on any atom is 0.238 e. The minimum Gasteiger partial charge on any atom is -0.304 e. The molecule has 1 aromatic heterocycles. The highest BCUT2D eigenvalue weighted by Gasteiger charge is 2.12. The van der Waals surface area contributed by atoms with Gasteiger partial charge < -0.3 is 5.32 Å². The van der Waals surface area contributed by atoms with Crippen LogP contribution in [0.1, 0.15) is 37.1 Å². The molecule has 2 atom stereocenters. The summed E-state index contributed by atoms with van der Waals surface area (Å²) in [6, 6.07) is 10.8. The van der Waals surface area contributed by atoms with Gasteiger partial charge in [0.1, 0.15) is 0 Å². The van der Waals surface area contributed by atoms with E-state index in [-0.39, 0.29) is 17.0 Å². The van der Waals surface area contributed by atoms with Gasteiger partial charge in [-0.05, 0) is 49.2 Å². The topological polar surface area (TPSA) is 85.1 Å². The molecule has 3 N–H and O–H groups in total. The van der Waals surface area contributed by atoms with E-state index >= 15 is 0 Å². The molecule has 2 aromatic rings. The maximum absolute atomic E-state index is 11.2. The van der Waals surface area contributed by atoms with E-state index in [9.17, 15) is 8.42 Å². The number of rotatable bonds is 5. The molecule has 0 fully saturated rings. The number of aromatic nitrogens is 1. The maximum atomic E-state index is 11.2. The van der Waals surface area contributed by atoms with E-state index in [2.05, 4.69) is 17.2 Å². The molecule has 112 valence electrons. The summed E-state index contributed by atoms with van der Waals surface area (Å²) >= 11 is 0. The SMILES string of the molecule is CC(N[C@H](C)c1ccncc1)c1ccc(S(N)(=O)=O)cc1. The molecule has 0 radical (unpaired) electrons. The first-order chi connectivity index (χ1) is 9.88. The Labute approximate surface area is 125 Å². The number of hydrogen-bond donors (Lipinski definition) is 2. The summed E-state index contributed by atoms with van der Waals surface area (Å²) in [7, 11) is -3.64. The van der Waals surface area contributed by atoms with Crippen LogP contribution in [0.2, 0.25) is 0 Å². The van der Waals surface area contributed by atoms with Crippen LogP contribution in [-0.4, -0.2) is 13.4 Å². The first kappa shape index (κ1) is 15.6. The summed E-state index contributed by atoms with van der Waals surface area (Å²) in [6.07, 6.45) is 3.53. The molecular formula is C15H19N3O2S. The van der Waals surface area contributed by atoms with Crippen molar-refractivity contribution in [3.05, 3.63) is 59.9 Å². The molecule has 0 aliphatic rings. The summed E-state index contributed by atoms with van der Waals surface area (Å²) in [5.41, 5.74) is 2.15. The van der Waals surface area contributed by atoms with Crippen LogP contribution in [0.15, 0.2) is 53.7 Å². The van der Waals surface area contributed by atoms with Gasteiger partial charge in [0.25, 0.3) is 0 Å². The Morgan fingerprint density at radius 1 is 0.952 bits per heavy atom. The highest BCUT2D eigenvalue weighted by atomic mass is 32.2. The molecule has 0 spiro atoms. The normalized spacial score (nSPS) is 14.6. The van der Waals surface area contributed by atoms with Crippen molar-refractivity contribution in [1.82, 2.24) is 10.3 Å². The Morgan fingerprint density at radius 2 is 1.43 bits per heavy atom. The van der Waals surface area contributed by atoms with Gasteiger partial charge in [-0.1, -0.05) is 12.1 Å². The van der Waals surface area contributed by atoms with E-state index in [4.69, 9.17) is 5.14 Å². The lowest BCUT2D eigenvalue weighted by atomic mass is 10.1. The van der Waals surface area contributed by atoms with E-state index in [0.29, 0.717) is 0 Å². The van der Waals surface area contributed by atoms with Crippen LogP contribution in [-0.2, 0) is 10.0 Å². The Morgan fingerprint density at radius 3 is 1.90 bits per heavy atom. The monoisotopic (exact) mass is 305 g/mol. The van der Waals surface area contributed by atoms with Crippen LogP contribution in [0.3, 0.4) is 0 Å². The predicted octanol–water partition coefficient (Wildman–Crippen LogP) is 2.14. The molecule has 1 heterocycles. The number of hydrogen-bond acceptors (Lipinski definition) is 4. The van der Waals surface area contributed by atoms with Gasteiger partial charge in [0.15, 0.2) is 0 Å². The highest BCUT2D eigenvalue weighted by molar-refractivity contribution is 7.89. The van der Waals surface area contributed by atoms with Gasteiger partial charge in [0.2, 0.25) is 10.0 Å². The van der Waals surface area contributed by atoms with Crippen molar-refractivity contribution < 1.29 is 8.42 Å². The second-order valence-electron chi connectivity index (χ2n) is 5.00. The van der Waals surface area contributed by atoms with E-state index in [0.717, 1.165) is 11.1 Å². The van der Waals surface area contributed by atoms with Crippen LogP contribution in [0.5, 0.6) is 0 Å². The second kappa shape index (κ2) is 6.34. The van der Waals surface area contributed by atoms with Crippen molar-refractivity contribution >= 4 is 10.0 Å². The number of pyridine rings is 1. The molecule has 5 nitrogen and oxygen atoms in total. The summed E-state index contributed by atoms with van der Waals surface area (Å²) in [4.78, 5) is 4.13. The lowest BCUT2D eigenvalue weighted by molar-refractivity contribution is 0.494. The van der Waals surface area contributed by atoms with Gasteiger partial charge in [-0.25, -0.2) is 13.6 Å². The van der Waals surface area contributed by atoms with Crippen LogP contribution < -0.4 is 10.5 Å². The highest BCUT2D eigenvalue weighted by Crippen LogP contribution is 2.20. The van der Waals surface area contributed by atoms with E-state index in [1.807, 2.05) is 19.1 Å². The molecule has 2 rings (SSSR count). The number of nitrogens with two attached hydrogens (primary N) is 1. The van der Waals surface area contributed by atoms with E-state index < -0.39 is 10.0 Å². The number of nitrogens with zero attached hydrogens (tertiary/aromatic N) is 1. The van der Waals surface area contributed by atoms with Gasteiger partial charge >= 0.3 is 0 Å². The Bertz CT molecular complexity index is 685. The molecule has 0 saturated heterocycles. The van der Waals surface area contributed by atoms with Crippen molar-refractivity contribution in [3.8, 4) is 0 Å². The average molecular weight is 305 g/mol. The Kier molecular flexibility index (Phi) is 4.72. The average Bonchev–Trinajstić information content (AvgIpc) is 2.47. The predicted molar refractivity (Wildman–Crippen MR) is 82.0 cm³/mol. The third-order valence-corrected chi connectivity index (χ3v) is 4.34. The fourth-order valence-electron chi connectivity index (χ4n) is 2.17. The van der Waals surface area contributed by atoms with Crippen molar-refractivity contribution in [1.29, 1.82) is 0 Å². The zero-order chi connectivity index (χ0) is 15.5. The third-order valence-electron chi connectivity index (χ3n) is 3.41. The number of sulfonamides is 1. The number of nitrogens with one attached hydrogen (secondary N) is 1. The fourth-order valence-corrected chi connectivity index (χ4v) is 2.68. The van der Waals surface area contributed by atoms with Gasteiger partial charge in [-0.3, -0.25) is 4.98 Å². The third kappa shape index (κ3) is 4.10. The molecule has 0 bridgehead atoms. The van der Waals surface area contributed by atoms with Crippen LogP contribution in [0, 0.1) is 0 Å². The Balaban J connectivity index is 2.08. The fraction of sp³-hybridized carbons (Fsp3) is 0.267. The summed E-state index contributed by atoms with van der Waals surface area (Å²) in [5, 5.41) is 8.55. The van der Waals surface area contributed by atoms with Crippen LogP contribution in [0.4, 0.5) is 0 Å². The van der Waals surface area contributed by atoms with Crippen molar-refractivity contribution in [2.45, 2.75) is 30.8 Å². The zero-order valence-corrected chi connectivity index (χ0v) is 12.8. The molecule has 0 aliphatic heterocycles. The first-order valence-corrected chi connectivity index (χ1v) is 8.21. The van der Waals surface area contributed by atoms with Crippen LogP contribution >= 0.6 is 0 Å². The summed E-state index contributed by atoms with van der Waals surface area (Å²) in [5.74, 6) is 0. The summed E-state index contributed by atoms with van der Waals surface area (Å²) < 4.78 is 22.5. The van der Waals surface area contributed by atoms with Gasteiger partial charge in [0.05, 0.1) is 4.90 Å². The lowest BCUT2D eigenvalue weighted by Gasteiger charge is -2.20. The summed E-state index contributed by atoms with van der Waals surface area (Å²) in [6.45, 7) is 4.11. The lowest BCUT2D eigenvalue weighted by Crippen LogP contribution is -2.22. The van der Waals surface area contributed by atoms with Gasteiger partial charge in [0, 0.05) is 24.5 Å². The standard InChI is InChI=1S/C15H19N3O2S/c1-11(18-12(2)14-7-9-17-10-8-14)13-3-5-15(6-4-13)21(16,19)20/h3-12,18H,1-2H3,(H2,16,19,20)/t11?,12-/m1/s1. The zero-order valence-electron chi connectivity index (χ0n) is 12.0. The molecule has 1 aromatic carbocycles. The minimum atomic E-state index is -3.64. The second-order valence-corrected chi connectivity index (χ2v) is 6.57. The smallest absolute Gasteiger partial charge is 0.238 e. The Hall–Kier alpha value is -1.76. The molecule has 0 aliphatic carbocycles. The molecule has 6 heteroatoms. The first-order valence-electron chi connectivity index (χ1n) is 6.66. The largest absolute Gasteiger partial charge is 0.304 e. The van der Waals surface area contributed by atoms with Crippen molar-refractivity contribution in [3.63, 3.8) is 0 Å². The van der Waals surface area contributed by atoms with Gasteiger partial charge in [-0.2, -0.15) is 0 Å². The quantitative estimate of drug-likeness (QED) is 0.886. The molecular weight excluding hydrogens is 286 g/mol. The van der Waals surface area contributed by atoms with Crippen LogP contribution in [0.25, 0.3) is 0 Å². The van der Waals surface area contributed by atoms with Crippen molar-refractivity contribution in [2.75, 3.05) is 0 Å². The molecule has 21 heavy (non-hydrogen) atoms.